The Morgan fingerprint density at radius 3 is 2.07 bits per heavy atom. The van der Waals surface area contributed by atoms with Crippen molar-refractivity contribution in [2.24, 2.45) is 5.41 Å². The summed E-state index contributed by atoms with van der Waals surface area (Å²) < 4.78 is 0. The molecule has 1 aliphatic heterocycles. The molecule has 1 heterocycles. The van der Waals surface area contributed by atoms with Crippen LogP contribution in [0, 0.1) is 31.1 Å². The molecule has 0 aromatic heterocycles. The fourth-order valence-electron chi connectivity index (χ4n) is 5.06. The molecule has 0 N–H and O–H groups in total. The third-order valence-corrected chi connectivity index (χ3v) is 6.47. The predicted octanol–water partition coefficient (Wildman–Crippen LogP) is 3.28. The monoisotopic (exact) mass is 407 g/mol. The van der Waals surface area contributed by atoms with Crippen LogP contribution >= 0.6 is 0 Å². The van der Waals surface area contributed by atoms with E-state index in [0.29, 0.717) is 38.8 Å². The normalized spacial score (nSPS) is 18.9. The molecule has 0 radical (unpaired) electrons. The molecule has 1 spiro atoms. The molecule has 1 saturated heterocycles. The van der Waals surface area contributed by atoms with Gasteiger partial charge in [-0.05, 0) is 74.8 Å². The molecule has 1 saturated carbocycles. The summed E-state index contributed by atoms with van der Waals surface area (Å²) in [5, 5.41) is 0. The average Bonchev–Trinajstić information content (AvgIpc) is 2.63. The minimum Gasteiger partial charge on any atom is -0.342 e. The van der Waals surface area contributed by atoms with Crippen molar-refractivity contribution >= 4 is 23.3 Å². The molecule has 5 heteroatoms. The summed E-state index contributed by atoms with van der Waals surface area (Å²) in [5.41, 5.74) is 3.23. The van der Waals surface area contributed by atoms with Crippen LogP contribution in [0.2, 0.25) is 0 Å². The molecule has 1 aliphatic carbocycles. The van der Waals surface area contributed by atoms with E-state index in [-0.39, 0.29) is 35.1 Å². The number of benzene rings is 1. The van der Waals surface area contributed by atoms with Gasteiger partial charge in [-0.25, -0.2) is 0 Å². The van der Waals surface area contributed by atoms with Crippen molar-refractivity contribution in [3.8, 4) is 11.8 Å². The van der Waals surface area contributed by atoms with Crippen molar-refractivity contribution in [1.29, 1.82) is 0 Å². The van der Waals surface area contributed by atoms with Crippen LogP contribution in [0.4, 0.5) is 0 Å². The lowest BCUT2D eigenvalue weighted by Gasteiger charge is -2.44. The number of Topliss-reactive ketones (excluding diaryl/α,β-unsaturated/α-hetero) is 3. The molecule has 3 rings (SSSR count). The standard InChI is InChI=1S/C25H29NO4/c1-5-6-19-11-16(2)23(17(3)12-19)24-20(28)14-25(15-21(24)29)7-9-26(10-8-25)22(30)13-18(4)27/h11-12,24H,7-10,13-15H2,1-4H3. The smallest absolute Gasteiger partial charge is 0.230 e. The summed E-state index contributed by atoms with van der Waals surface area (Å²) in [4.78, 5) is 51.4. The lowest BCUT2D eigenvalue weighted by Crippen LogP contribution is -2.48. The zero-order chi connectivity index (χ0) is 22.1. The largest absolute Gasteiger partial charge is 0.342 e. The van der Waals surface area contributed by atoms with Crippen molar-refractivity contribution in [1.82, 2.24) is 4.90 Å². The number of carbonyl (C=O) groups is 4. The van der Waals surface area contributed by atoms with Crippen LogP contribution in [0.3, 0.4) is 0 Å². The second kappa shape index (κ2) is 8.55. The topological polar surface area (TPSA) is 71.5 Å². The molecule has 1 amide bonds. The molecule has 5 nitrogen and oxygen atoms in total. The van der Waals surface area contributed by atoms with E-state index in [1.165, 1.54) is 6.92 Å². The number of carbonyl (C=O) groups excluding carboxylic acids is 4. The first kappa shape index (κ1) is 22.0. The molecule has 1 aromatic carbocycles. The van der Waals surface area contributed by atoms with E-state index in [1.807, 2.05) is 26.0 Å². The Bertz CT molecular complexity index is 928. The van der Waals surface area contributed by atoms with Gasteiger partial charge in [-0.3, -0.25) is 19.2 Å². The number of piperidine rings is 1. The molecule has 0 atom stereocenters. The highest BCUT2D eigenvalue weighted by atomic mass is 16.2. The maximum Gasteiger partial charge on any atom is 0.230 e. The Balaban J connectivity index is 1.76. The van der Waals surface area contributed by atoms with Gasteiger partial charge in [0.25, 0.3) is 0 Å². The third kappa shape index (κ3) is 4.38. The van der Waals surface area contributed by atoms with Crippen LogP contribution in [0.1, 0.15) is 74.1 Å². The van der Waals surface area contributed by atoms with Crippen LogP contribution in [0.5, 0.6) is 0 Å². The van der Waals surface area contributed by atoms with Gasteiger partial charge in [0.1, 0.15) is 23.3 Å². The van der Waals surface area contributed by atoms with E-state index in [4.69, 9.17) is 0 Å². The molecule has 30 heavy (non-hydrogen) atoms. The van der Waals surface area contributed by atoms with Crippen molar-refractivity contribution in [2.45, 2.75) is 65.7 Å². The van der Waals surface area contributed by atoms with E-state index in [1.54, 1.807) is 11.8 Å². The summed E-state index contributed by atoms with van der Waals surface area (Å²) in [5.74, 6) is 4.88. The molecular formula is C25H29NO4. The number of rotatable bonds is 3. The third-order valence-electron chi connectivity index (χ3n) is 6.47. The Labute approximate surface area is 178 Å². The first-order valence-electron chi connectivity index (χ1n) is 10.5. The predicted molar refractivity (Wildman–Crippen MR) is 114 cm³/mol. The van der Waals surface area contributed by atoms with Gasteiger partial charge in [-0.1, -0.05) is 5.92 Å². The molecule has 158 valence electrons. The molecule has 0 unspecified atom stereocenters. The number of hydrogen-bond donors (Lipinski definition) is 0. The van der Waals surface area contributed by atoms with Crippen LogP contribution in [-0.2, 0) is 19.2 Å². The highest BCUT2D eigenvalue weighted by Crippen LogP contribution is 2.46. The van der Waals surface area contributed by atoms with E-state index in [2.05, 4.69) is 11.8 Å². The van der Waals surface area contributed by atoms with Crippen LogP contribution < -0.4 is 0 Å². The van der Waals surface area contributed by atoms with Crippen molar-refractivity contribution < 1.29 is 19.2 Å². The Kier molecular flexibility index (Phi) is 6.26. The summed E-state index contributed by atoms with van der Waals surface area (Å²) in [6.45, 7) is 8.07. The zero-order valence-corrected chi connectivity index (χ0v) is 18.3. The van der Waals surface area contributed by atoms with Gasteiger partial charge in [0.2, 0.25) is 5.91 Å². The number of nitrogens with zero attached hydrogens (tertiary/aromatic N) is 1. The van der Waals surface area contributed by atoms with Crippen LogP contribution in [0.25, 0.3) is 0 Å². The quantitative estimate of drug-likeness (QED) is 0.569. The number of amides is 1. The van der Waals surface area contributed by atoms with E-state index in [0.717, 1.165) is 22.3 Å². The lowest BCUT2D eigenvalue weighted by molar-refractivity contribution is -0.140. The van der Waals surface area contributed by atoms with Gasteiger partial charge >= 0.3 is 0 Å². The molecule has 0 bridgehead atoms. The van der Waals surface area contributed by atoms with Gasteiger partial charge < -0.3 is 4.90 Å². The lowest BCUT2D eigenvalue weighted by atomic mass is 9.62. The van der Waals surface area contributed by atoms with E-state index in [9.17, 15) is 19.2 Å². The summed E-state index contributed by atoms with van der Waals surface area (Å²) in [6, 6.07) is 3.89. The molecular weight excluding hydrogens is 378 g/mol. The molecule has 1 aromatic rings. The number of ketones is 3. The van der Waals surface area contributed by atoms with Crippen molar-refractivity contribution in [3.63, 3.8) is 0 Å². The number of likely N-dealkylation sites (tertiary alicyclic amines) is 1. The highest BCUT2D eigenvalue weighted by Gasteiger charge is 2.47. The van der Waals surface area contributed by atoms with Crippen molar-refractivity contribution in [2.75, 3.05) is 13.1 Å². The van der Waals surface area contributed by atoms with Gasteiger partial charge in [0.05, 0.1) is 6.42 Å². The van der Waals surface area contributed by atoms with E-state index >= 15 is 0 Å². The zero-order valence-electron chi connectivity index (χ0n) is 18.3. The first-order valence-corrected chi connectivity index (χ1v) is 10.5. The summed E-state index contributed by atoms with van der Waals surface area (Å²) in [7, 11) is 0. The summed E-state index contributed by atoms with van der Waals surface area (Å²) >= 11 is 0. The second-order valence-corrected chi connectivity index (χ2v) is 8.88. The average molecular weight is 408 g/mol. The van der Waals surface area contributed by atoms with Crippen molar-refractivity contribution in [3.05, 3.63) is 34.4 Å². The maximum atomic E-state index is 13.2. The fourth-order valence-corrected chi connectivity index (χ4v) is 5.06. The molecule has 2 aliphatic rings. The Morgan fingerprint density at radius 2 is 1.60 bits per heavy atom. The highest BCUT2D eigenvalue weighted by molar-refractivity contribution is 6.10. The van der Waals surface area contributed by atoms with Gasteiger partial charge in [0, 0.05) is 31.5 Å². The fraction of sp³-hybridized carbons (Fsp3) is 0.520. The minimum atomic E-state index is -0.698. The van der Waals surface area contributed by atoms with Gasteiger partial charge in [0.15, 0.2) is 0 Å². The van der Waals surface area contributed by atoms with Gasteiger partial charge in [-0.15, -0.1) is 5.92 Å². The minimum absolute atomic E-state index is 0.0183. The number of aryl methyl sites for hydroxylation is 2. The Morgan fingerprint density at radius 1 is 1.07 bits per heavy atom. The molecule has 2 fully saturated rings. The van der Waals surface area contributed by atoms with E-state index < -0.39 is 5.92 Å². The van der Waals surface area contributed by atoms with Crippen LogP contribution in [0.15, 0.2) is 12.1 Å². The summed E-state index contributed by atoms with van der Waals surface area (Å²) in [6.07, 6.45) is 1.92. The second-order valence-electron chi connectivity index (χ2n) is 8.88. The number of hydrogen-bond acceptors (Lipinski definition) is 4. The first-order chi connectivity index (χ1) is 14.2. The maximum absolute atomic E-state index is 13.2. The van der Waals surface area contributed by atoms with Crippen LogP contribution in [-0.4, -0.2) is 41.2 Å². The Hall–Kier alpha value is -2.74. The SMILES string of the molecule is CC#Cc1cc(C)c(C2C(=O)CC3(CCN(C(=O)CC(C)=O)CC3)CC2=O)c(C)c1. The van der Waals surface area contributed by atoms with Gasteiger partial charge in [-0.2, -0.15) is 0 Å².